The molecule has 0 atom stereocenters. The van der Waals surface area contributed by atoms with Gasteiger partial charge >= 0.3 is 0 Å². The van der Waals surface area contributed by atoms with Gasteiger partial charge in [-0.2, -0.15) is 0 Å². The lowest BCUT2D eigenvalue weighted by Crippen LogP contribution is -2.15. The van der Waals surface area contributed by atoms with Gasteiger partial charge < -0.3 is 14.6 Å². The number of halogens is 1. The van der Waals surface area contributed by atoms with Crippen LogP contribution in [0.3, 0.4) is 0 Å². The van der Waals surface area contributed by atoms with Crippen LogP contribution in [-0.4, -0.2) is 24.9 Å². The summed E-state index contributed by atoms with van der Waals surface area (Å²) in [6.45, 7) is 5.19. The van der Waals surface area contributed by atoms with E-state index in [0.717, 1.165) is 11.1 Å². The van der Waals surface area contributed by atoms with Gasteiger partial charge in [0.05, 0.1) is 11.6 Å². The Labute approximate surface area is 112 Å². The van der Waals surface area contributed by atoms with E-state index >= 15 is 0 Å². The van der Waals surface area contributed by atoms with Crippen molar-refractivity contribution >= 4 is 17.7 Å². The molecule has 98 valence electrons. The van der Waals surface area contributed by atoms with Crippen LogP contribution in [0.1, 0.15) is 19.4 Å². The smallest absolute Gasteiger partial charge is 0.179 e. The first-order valence-electron chi connectivity index (χ1n) is 6.02. The van der Waals surface area contributed by atoms with Crippen molar-refractivity contribution in [2.45, 2.75) is 13.8 Å². The average Bonchev–Trinajstić information content (AvgIpc) is 2.35. The van der Waals surface area contributed by atoms with Gasteiger partial charge in [-0.25, -0.2) is 0 Å². The molecule has 0 saturated carbocycles. The number of aliphatic hydroxyl groups excluding tert-OH is 1. The highest BCUT2D eigenvalue weighted by atomic mass is 35.5. The Balaban J connectivity index is 2.38. The van der Waals surface area contributed by atoms with E-state index in [1.165, 1.54) is 0 Å². The molecule has 0 radical (unpaired) electrons. The second-order valence-electron chi connectivity index (χ2n) is 4.56. The van der Waals surface area contributed by atoms with E-state index in [4.69, 9.17) is 21.1 Å². The zero-order valence-corrected chi connectivity index (χ0v) is 11.3. The zero-order chi connectivity index (χ0) is 13.1. The summed E-state index contributed by atoms with van der Waals surface area (Å²) in [7, 11) is 0. The highest BCUT2D eigenvalue weighted by Gasteiger charge is 2.16. The van der Waals surface area contributed by atoms with Gasteiger partial charge in [0.2, 0.25) is 0 Å². The fraction of sp³-hybridized carbons (Fsp3) is 0.429. The van der Waals surface area contributed by atoms with Crippen LogP contribution in [-0.2, 0) is 0 Å². The molecule has 0 aromatic heterocycles. The predicted molar refractivity (Wildman–Crippen MR) is 72.3 cm³/mol. The first-order valence-corrected chi connectivity index (χ1v) is 6.40. The molecule has 0 saturated heterocycles. The average molecular weight is 269 g/mol. The van der Waals surface area contributed by atoms with Gasteiger partial charge in [-0.3, -0.25) is 0 Å². The second kappa shape index (κ2) is 5.63. The fourth-order valence-corrected chi connectivity index (χ4v) is 2.10. The molecule has 0 amide bonds. The number of benzene rings is 1. The highest BCUT2D eigenvalue weighted by molar-refractivity contribution is 6.32. The molecule has 1 N–H and O–H groups in total. The van der Waals surface area contributed by atoms with Crippen LogP contribution in [0.2, 0.25) is 5.02 Å². The second-order valence-corrected chi connectivity index (χ2v) is 4.97. The van der Waals surface area contributed by atoms with Crippen LogP contribution in [0.4, 0.5) is 0 Å². The predicted octanol–water partition coefficient (Wildman–Crippen LogP) is 3.14. The van der Waals surface area contributed by atoms with Crippen LogP contribution >= 0.6 is 11.6 Å². The first-order chi connectivity index (χ1) is 8.61. The minimum atomic E-state index is 0.0454. The van der Waals surface area contributed by atoms with Crippen molar-refractivity contribution in [2.24, 2.45) is 5.92 Å². The highest BCUT2D eigenvalue weighted by Crippen LogP contribution is 2.38. The van der Waals surface area contributed by atoms with Gasteiger partial charge in [0, 0.05) is 0 Å². The van der Waals surface area contributed by atoms with Crippen molar-refractivity contribution in [3.05, 3.63) is 28.3 Å². The van der Waals surface area contributed by atoms with Gasteiger partial charge in [0.1, 0.15) is 13.2 Å². The van der Waals surface area contributed by atoms with Crippen LogP contribution in [0.15, 0.2) is 17.7 Å². The number of rotatable bonds is 3. The molecule has 0 fully saturated rings. The minimum Gasteiger partial charge on any atom is -0.486 e. The van der Waals surface area contributed by atoms with Gasteiger partial charge in [-0.15, -0.1) is 0 Å². The summed E-state index contributed by atoms with van der Waals surface area (Å²) in [5, 5.41) is 9.85. The molecular formula is C14H17ClO3. The quantitative estimate of drug-likeness (QED) is 0.915. The summed E-state index contributed by atoms with van der Waals surface area (Å²) in [5.74, 6) is 1.57. The summed E-state index contributed by atoms with van der Waals surface area (Å²) in [6.07, 6.45) is 1.94. The van der Waals surface area contributed by atoms with Gasteiger partial charge in [-0.05, 0) is 29.2 Å². The minimum absolute atomic E-state index is 0.0454. The molecule has 1 aliphatic heterocycles. The molecule has 0 bridgehead atoms. The Morgan fingerprint density at radius 1 is 1.39 bits per heavy atom. The maximum absolute atomic E-state index is 9.31. The summed E-state index contributed by atoms with van der Waals surface area (Å²) in [6, 6.07) is 3.71. The van der Waals surface area contributed by atoms with Crippen LogP contribution in [0.25, 0.3) is 6.08 Å². The van der Waals surface area contributed by atoms with E-state index in [2.05, 4.69) is 0 Å². The topological polar surface area (TPSA) is 38.7 Å². The summed E-state index contributed by atoms with van der Waals surface area (Å²) >= 11 is 6.16. The molecule has 18 heavy (non-hydrogen) atoms. The Bertz CT molecular complexity index is 466. The van der Waals surface area contributed by atoms with Gasteiger partial charge in [-0.1, -0.05) is 31.5 Å². The number of fused-ring (bicyclic) bond motifs is 1. The summed E-state index contributed by atoms with van der Waals surface area (Å²) in [5.41, 5.74) is 1.88. The van der Waals surface area contributed by atoms with Crippen molar-refractivity contribution in [2.75, 3.05) is 19.8 Å². The van der Waals surface area contributed by atoms with Crippen LogP contribution < -0.4 is 9.47 Å². The number of hydrogen-bond donors (Lipinski definition) is 1. The monoisotopic (exact) mass is 268 g/mol. The molecule has 1 aromatic rings. The first kappa shape index (κ1) is 13.2. The molecule has 1 aliphatic rings. The molecule has 2 rings (SSSR count). The van der Waals surface area contributed by atoms with E-state index < -0.39 is 0 Å². The Morgan fingerprint density at radius 2 is 2.11 bits per heavy atom. The van der Waals surface area contributed by atoms with Crippen molar-refractivity contribution in [1.29, 1.82) is 0 Å². The third-order valence-electron chi connectivity index (χ3n) is 2.90. The largest absolute Gasteiger partial charge is 0.486 e. The lowest BCUT2D eigenvalue weighted by atomic mass is 10.0. The van der Waals surface area contributed by atoms with Crippen molar-refractivity contribution < 1.29 is 14.6 Å². The summed E-state index contributed by atoms with van der Waals surface area (Å²) < 4.78 is 11.0. The molecule has 1 aromatic carbocycles. The molecule has 0 aliphatic carbocycles. The lowest BCUT2D eigenvalue weighted by molar-refractivity contribution is 0.171. The maximum atomic E-state index is 9.31. The van der Waals surface area contributed by atoms with Crippen molar-refractivity contribution in [3.8, 4) is 11.5 Å². The van der Waals surface area contributed by atoms with Crippen molar-refractivity contribution in [1.82, 2.24) is 0 Å². The standard InChI is InChI=1S/C14H17ClO3/c1-9(2)11(8-16)5-10-6-12(15)14-13(7-10)17-3-4-18-14/h5-7,9,16H,3-4,8H2,1-2H3. The lowest BCUT2D eigenvalue weighted by Gasteiger charge is -2.20. The van der Waals surface area contributed by atoms with E-state index in [-0.39, 0.29) is 6.61 Å². The number of aliphatic hydroxyl groups is 1. The molecule has 0 unspecified atom stereocenters. The van der Waals surface area contributed by atoms with Crippen LogP contribution in [0, 0.1) is 5.92 Å². The third kappa shape index (κ3) is 2.79. The van der Waals surface area contributed by atoms with E-state index in [0.29, 0.717) is 35.7 Å². The maximum Gasteiger partial charge on any atom is 0.179 e. The zero-order valence-electron chi connectivity index (χ0n) is 10.6. The van der Waals surface area contributed by atoms with Gasteiger partial charge in [0.25, 0.3) is 0 Å². The van der Waals surface area contributed by atoms with E-state index in [9.17, 15) is 5.11 Å². The molecular weight excluding hydrogens is 252 g/mol. The Morgan fingerprint density at radius 3 is 2.78 bits per heavy atom. The molecule has 1 heterocycles. The van der Waals surface area contributed by atoms with Crippen LogP contribution in [0.5, 0.6) is 11.5 Å². The Kier molecular flexibility index (Phi) is 4.15. The molecule has 0 spiro atoms. The molecule has 4 heteroatoms. The summed E-state index contributed by atoms with van der Waals surface area (Å²) in [4.78, 5) is 0. The number of ether oxygens (including phenoxy) is 2. The fourth-order valence-electron chi connectivity index (χ4n) is 1.82. The van der Waals surface area contributed by atoms with Gasteiger partial charge in [0.15, 0.2) is 11.5 Å². The van der Waals surface area contributed by atoms with E-state index in [1.54, 1.807) is 0 Å². The SMILES string of the molecule is CC(C)C(=Cc1cc(Cl)c2c(c1)OCCO2)CO. The van der Waals surface area contributed by atoms with Crippen molar-refractivity contribution in [3.63, 3.8) is 0 Å². The normalized spacial score (nSPS) is 15.1. The number of hydrogen-bond acceptors (Lipinski definition) is 3. The Hall–Kier alpha value is -1.19. The third-order valence-corrected chi connectivity index (χ3v) is 3.18. The van der Waals surface area contributed by atoms with E-state index in [1.807, 2.05) is 32.1 Å². The molecule has 3 nitrogen and oxygen atoms in total.